The molecular formula is C17H20N2O3S. The monoisotopic (exact) mass is 332 g/mol. The minimum Gasteiger partial charge on any atom is -0.481 e. The Morgan fingerprint density at radius 2 is 2.13 bits per heavy atom. The standard InChI is InChI=1S/C17H20N2O3S/c1-10(2)15-19-12-5-4-11(8-13(12)23-15)18-14(20)9-17(16(21)22)6-3-7-17/h4-5,8,10H,3,6-7,9H2,1-2H3,(H,18,20)(H,21,22). The SMILES string of the molecule is CC(C)c1nc2ccc(NC(=O)CC3(C(=O)O)CCC3)cc2s1. The lowest BCUT2D eigenvalue weighted by molar-refractivity contribution is -0.157. The van der Waals surface area contributed by atoms with E-state index in [9.17, 15) is 14.7 Å². The number of carbonyl (C=O) groups is 2. The molecule has 1 heterocycles. The van der Waals surface area contributed by atoms with Gasteiger partial charge in [0.05, 0.1) is 20.6 Å². The van der Waals surface area contributed by atoms with Gasteiger partial charge in [0.2, 0.25) is 5.91 Å². The molecule has 1 fully saturated rings. The highest BCUT2D eigenvalue weighted by Crippen LogP contribution is 2.44. The van der Waals surface area contributed by atoms with E-state index in [0.717, 1.165) is 21.6 Å². The van der Waals surface area contributed by atoms with Crippen LogP contribution in [-0.2, 0) is 9.59 Å². The Morgan fingerprint density at radius 3 is 2.70 bits per heavy atom. The summed E-state index contributed by atoms with van der Waals surface area (Å²) in [6.07, 6.45) is 2.09. The molecule has 2 N–H and O–H groups in total. The van der Waals surface area contributed by atoms with Gasteiger partial charge in [0.25, 0.3) is 0 Å². The van der Waals surface area contributed by atoms with Crippen molar-refractivity contribution in [1.29, 1.82) is 0 Å². The van der Waals surface area contributed by atoms with Crippen molar-refractivity contribution in [2.75, 3.05) is 5.32 Å². The number of aliphatic carboxylic acids is 1. The number of benzene rings is 1. The Balaban J connectivity index is 1.73. The maximum atomic E-state index is 12.2. The number of rotatable bonds is 5. The molecule has 0 aliphatic heterocycles. The Bertz CT molecular complexity index is 762. The number of carbonyl (C=O) groups excluding carboxylic acids is 1. The Labute approximate surface area is 138 Å². The molecule has 1 aromatic carbocycles. The van der Waals surface area contributed by atoms with E-state index >= 15 is 0 Å². The summed E-state index contributed by atoms with van der Waals surface area (Å²) in [6, 6.07) is 5.62. The van der Waals surface area contributed by atoms with Crippen molar-refractivity contribution >= 4 is 39.1 Å². The van der Waals surface area contributed by atoms with Crippen molar-refractivity contribution in [3.8, 4) is 0 Å². The van der Waals surface area contributed by atoms with Gasteiger partial charge in [0.15, 0.2) is 0 Å². The van der Waals surface area contributed by atoms with E-state index in [1.807, 2.05) is 18.2 Å². The highest BCUT2D eigenvalue weighted by molar-refractivity contribution is 7.18. The zero-order valence-corrected chi connectivity index (χ0v) is 14.1. The number of nitrogens with zero attached hydrogens (tertiary/aromatic N) is 1. The van der Waals surface area contributed by atoms with E-state index < -0.39 is 11.4 Å². The predicted molar refractivity (Wildman–Crippen MR) is 90.9 cm³/mol. The smallest absolute Gasteiger partial charge is 0.310 e. The van der Waals surface area contributed by atoms with Gasteiger partial charge in [-0.25, -0.2) is 4.98 Å². The Hall–Kier alpha value is -1.95. The van der Waals surface area contributed by atoms with Crippen LogP contribution in [-0.4, -0.2) is 22.0 Å². The normalized spacial score (nSPS) is 16.3. The number of anilines is 1. The minimum atomic E-state index is -0.863. The summed E-state index contributed by atoms with van der Waals surface area (Å²) >= 11 is 1.62. The molecule has 1 aliphatic carbocycles. The molecule has 122 valence electrons. The lowest BCUT2D eigenvalue weighted by Crippen LogP contribution is -2.41. The van der Waals surface area contributed by atoms with Gasteiger partial charge in [-0.1, -0.05) is 20.3 Å². The van der Waals surface area contributed by atoms with E-state index in [0.29, 0.717) is 24.4 Å². The third kappa shape index (κ3) is 3.08. The van der Waals surface area contributed by atoms with Gasteiger partial charge >= 0.3 is 5.97 Å². The van der Waals surface area contributed by atoms with E-state index in [-0.39, 0.29) is 12.3 Å². The van der Waals surface area contributed by atoms with Gasteiger partial charge in [0, 0.05) is 18.0 Å². The summed E-state index contributed by atoms with van der Waals surface area (Å²) in [6.45, 7) is 4.20. The molecule has 1 amide bonds. The molecule has 0 spiro atoms. The maximum absolute atomic E-state index is 12.2. The van der Waals surface area contributed by atoms with Crippen LogP contribution in [0.5, 0.6) is 0 Å². The summed E-state index contributed by atoms with van der Waals surface area (Å²) in [7, 11) is 0. The molecule has 0 saturated heterocycles. The first-order valence-corrected chi connectivity index (χ1v) is 8.65. The van der Waals surface area contributed by atoms with Crippen LogP contribution in [0.25, 0.3) is 10.2 Å². The van der Waals surface area contributed by atoms with E-state index in [1.165, 1.54) is 0 Å². The zero-order valence-electron chi connectivity index (χ0n) is 13.3. The number of amides is 1. The van der Waals surface area contributed by atoms with Crippen molar-refractivity contribution in [1.82, 2.24) is 4.98 Å². The molecule has 0 bridgehead atoms. The molecule has 1 aliphatic rings. The molecule has 5 nitrogen and oxygen atoms in total. The van der Waals surface area contributed by atoms with Crippen molar-refractivity contribution < 1.29 is 14.7 Å². The number of hydrogen-bond acceptors (Lipinski definition) is 4. The molecule has 3 rings (SSSR count). The summed E-state index contributed by atoms with van der Waals surface area (Å²) in [5.74, 6) is -0.724. The number of nitrogens with one attached hydrogen (secondary N) is 1. The lowest BCUT2D eigenvalue weighted by atomic mass is 9.66. The van der Waals surface area contributed by atoms with Crippen LogP contribution in [0.15, 0.2) is 18.2 Å². The highest BCUT2D eigenvalue weighted by Gasteiger charge is 2.45. The number of hydrogen-bond donors (Lipinski definition) is 2. The average Bonchev–Trinajstić information content (AvgIpc) is 2.85. The van der Waals surface area contributed by atoms with Gasteiger partial charge in [-0.15, -0.1) is 11.3 Å². The number of fused-ring (bicyclic) bond motifs is 1. The largest absolute Gasteiger partial charge is 0.481 e. The van der Waals surface area contributed by atoms with Crippen LogP contribution in [0.1, 0.15) is 50.5 Å². The summed E-state index contributed by atoms with van der Waals surface area (Å²) in [5, 5.41) is 13.2. The fraction of sp³-hybridized carbons (Fsp3) is 0.471. The molecule has 0 unspecified atom stereocenters. The first-order valence-electron chi connectivity index (χ1n) is 7.83. The second-order valence-electron chi connectivity index (χ2n) is 6.55. The maximum Gasteiger partial charge on any atom is 0.310 e. The Kier molecular flexibility index (Phi) is 4.10. The molecule has 0 radical (unpaired) electrons. The van der Waals surface area contributed by atoms with Gasteiger partial charge in [-0.3, -0.25) is 9.59 Å². The van der Waals surface area contributed by atoms with Gasteiger partial charge in [-0.2, -0.15) is 0 Å². The number of aromatic nitrogens is 1. The Morgan fingerprint density at radius 1 is 1.39 bits per heavy atom. The second kappa shape index (κ2) is 5.92. The molecule has 0 atom stereocenters. The fourth-order valence-electron chi connectivity index (χ4n) is 2.85. The van der Waals surface area contributed by atoms with Gasteiger partial charge < -0.3 is 10.4 Å². The van der Waals surface area contributed by atoms with Gasteiger partial charge in [-0.05, 0) is 31.0 Å². The molecule has 6 heteroatoms. The van der Waals surface area contributed by atoms with Crippen LogP contribution in [0.4, 0.5) is 5.69 Å². The average molecular weight is 332 g/mol. The van der Waals surface area contributed by atoms with E-state index in [2.05, 4.69) is 24.1 Å². The fourth-order valence-corrected chi connectivity index (χ4v) is 3.86. The first-order chi connectivity index (χ1) is 10.9. The molecule has 2 aromatic rings. The van der Waals surface area contributed by atoms with Crippen molar-refractivity contribution in [3.05, 3.63) is 23.2 Å². The molecule has 1 saturated carbocycles. The van der Waals surface area contributed by atoms with Crippen LogP contribution in [0.3, 0.4) is 0 Å². The number of carboxylic acid groups (broad SMARTS) is 1. The molecular weight excluding hydrogens is 312 g/mol. The first kappa shape index (κ1) is 15.9. The third-order valence-electron chi connectivity index (χ3n) is 4.45. The summed E-state index contributed by atoms with van der Waals surface area (Å²) in [5.41, 5.74) is 0.766. The van der Waals surface area contributed by atoms with Crippen LogP contribution >= 0.6 is 11.3 Å². The lowest BCUT2D eigenvalue weighted by Gasteiger charge is -2.36. The topological polar surface area (TPSA) is 79.3 Å². The third-order valence-corrected chi connectivity index (χ3v) is 5.76. The summed E-state index contributed by atoms with van der Waals surface area (Å²) < 4.78 is 1.03. The zero-order chi connectivity index (χ0) is 16.6. The number of thiazole rings is 1. The van der Waals surface area contributed by atoms with Crippen molar-refractivity contribution in [2.24, 2.45) is 5.41 Å². The van der Waals surface area contributed by atoms with Gasteiger partial charge in [0.1, 0.15) is 0 Å². The van der Waals surface area contributed by atoms with Crippen molar-refractivity contribution in [3.63, 3.8) is 0 Å². The molecule has 1 aromatic heterocycles. The van der Waals surface area contributed by atoms with E-state index in [1.54, 1.807) is 11.3 Å². The van der Waals surface area contributed by atoms with Crippen LogP contribution in [0.2, 0.25) is 0 Å². The van der Waals surface area contributed by atoms with E-state index in [4.69, 9.17) is 0 Å². The van der Waals surface area contributed by atoms with Crippen LogP contribution < -0.4 is 5.32 Å². The minimum absolute atomic E-state index is 0.0420. The second-order valence-corrected chi connectivity index (χ2v) is 7.62. The highest BCUT2D eigenvalue weighted by atomic mass is 32.1. The van der Waals surface area contributed by atoms with Crippen LogP contribution in [0, 0.1) is 5.41 Å². The predicted octanol–water partition coefficient (Wildman–Crippen LogP) is 4.00. The quantitative estimate of drug-likeness (QED) is 0.867. The summed E-state index contributed by atoms with van der Waals surface area (Å²) in [4.78, 5) is 28.1. The number of carboxylic acids is 1. The molecule has 23 heavy (non-hydrogen) atoms. The van der Waals surface area contributed by atoms with Crippen molar-refractivity contribution in [2.45, 2.75) is 45.4 Å².